The molecule has 5 heteroatoms. The molecule has 1 fully saturated rings. The molecule has 4 nitrogen and oxygen atoms in total. The molecule has 0 saturated carbocycles. The van der Waals surface area contributed by atoms with E-state index in [1.165, 1.54) is 0 Å². The third-order valence-corrected chi connectivity index (χ3v) is 3.84. The van der Waals surface area contributed by atoms with E-state index in [9.17, 15) is 0 Å². The van der Waals surface area contributed by atoms with Crippen LogP contribution in [0.25, 0.3) is 0 Å². The molecule has 1 aromatic heterocycles. The summed E-state index contributed by atoms with van der Waals surface area (Å²) in [4.78, 5) is 10.9. The zero-order chi connectivity index (χ0) is 13.8. The Kier molecular flexibility index (Phi) is 4.99. The van der Waals surface area contributed by atoms with E-state index in [1.54, 1.807) is 6.33 Å². The Morgan fingerprint density at radius 3 is 2.63 bits per heavy atom. The minimum Gasteiger partial charge on any atom is -0.378 e. The van der Waals surface area contributed by atoms with Crippen molar-refractivity contribution in [1.29, 1.82) is 0 Å². The van der Waals surface area contributed by atoms with Gasteiger partial charge in [0, 0.05) is 25.3 Å². The van der Waals surface area contributed by atoms with Crippen molar-refractivity contribution < 1.29 is 4.74 Å². The Morgan fingerprint density at radius 2 is 2.05 bits per heavy atom. The van der Waals surface area contributed by atoms with Crippen LogP contribution < -0.4 is 4.90 Å². The summed E-state index contributed by atoms with van der Waals surface area (Å²) in [5.74, 6) is 1.32. The Labute approximate surface area is 120 Å². The summed E-state index contributed by atoms with van der Waals surface area (Å²) in [5.41, 5.74) is 1.05. The summed E-state index contributed by atoms with van der Waals surface area (Å²) < 4.78 is 5.68. The lowest BCUT2D eigenvalue weighted by atomic mass is 10.0. The second-order valence-corrected chi connectivity index (χ2v) is 5.56. The van der Waals surface area contributed by atoms with Gasteiger partial charge >= 0.3 is 0 Å². The molecule has 0 aromatic carbocycles. The van der Waals surface area contributed by atoms with E-state index in [0.29, 0.717) is 17.2 Å². The highest BCUT2D eigenvalue weighted by Crippen LogP contribution is 2.32. The number of rotatable bonds is 4. The van der Waals surface area contributed by atoms with Gasteiger partial charge in [-0.2, -0.15) is 0 Å². The fourth-order valence-electron chi connectivity index (χ4n) is 2.58. The number of halogens is 1. The van der Waals surface area contributed by atoms with Crippen LogP contribution in [0.3, 0.4) is 0 Å². The molecule has 0 radical (unpaired) electrons. The largest absolute Gasteiger partial charge is 0.378 e. The van der Waals surface area contributed by atoms with Crippen molar-refractivity contribution in [2.75, 3.05) is 24.6 Å². The summed E-state index contributed by atoms with van der Waals surface area (Å²) in [6, 6.07) is 0. The molecule has 1 aliphatic rings. The number of piperidine rings is 1. The second kappa shape index (κ2) is 6.53. The third kappa shape index (κ3) is 3.37. The van der Waals surface area contributed by atoms with Crippen molar-refractivity contribution in [2.45, 2.75) is 45.6 Å². The van der Waals surface area contributed by atoms with Crippen molar-refractivity contribution >= 4 is 17.4 Å². The van der Waals surface area contributed by atoms with Crippen molar-refractivity contribution in [3.8, 4) is 0 Å². The maximum Gasteiger partial charge on any atom is 0.138 e. The number of hydrogen-bond acceptors (Lipinski definition) is 4. The molecule has 2 rings (SSSR count). The highest BCUT2D eigenvalue weighted by atomic mass is 35.5. The van der Waals surface area contributed by atoms with E-state index in [2.05, 4.69) is 28.7 Å². The van der Waals surface area contributed by atoms with Crippen molar-refractivity contribution in [1.82, 2.24) is 9.97 Å². The van der Waals surface area contributed by atoms with Gasteiger partial charge in [-0.3, -0.25) is 0 Å². The summed E-state index contributed by atoms with van der Waals surface area (Å²) >= 11 is 6.22. The normalized spacial score (nSPS) is 17.2. The van der Waals surface area contributed by atoms with Crippen LogP contribution in [0.15, 0.2) is 6.33 Å². The number of aromatic nitrogens is 2. The molecule has 1 aromatic rings. The summed E-state index contributed by atoms with van der Waals surface area (Å²) in [6.07, 6.45) is 4.04. The zero-order valence-electron chi connectivity index (χ0n) is 11.9. The topological polar surface area (TPSA) is 38.2 Å². The van der Waals surface area contributed by atoms with E-state index in [4.69, 9.17) is 16.3 Å². The van der Waals surface area contributed by atoms with E-state index in [-0.39, 0.29) is 0 Å². The van der Waals surface area contributed by atoms with Crippen LogP contribution >= 0.6 is 11.6 Å². The first kappa shape index (κ1) is 14.5. The van der Waals surface area contributed by atoms with Crippen molar-refractivity contribution in [3.05, 3.63) is 17.0 Å². The lowest BCUT2D eigenvalue weighted by Gasteiger charge is -2.34. The molecule has 0 spiro atoms. The molecule has 0 N–H and O–H groups in total. The molecule has 1 saturated heterocycles. The first-order valence-corrected chi connectivity index (χ1v) is 7.38. The first-order chi connectivity index (χ1) is 9.13. The summed E-state index contributed by atoms with van der Waals surface area (Å²) in [5, 5.41) is 0.576. The predicted octanol–water partition coefficient (Wildman–Crippen LogP) is 3.26. The predicted molar refractivity (Wildman–Crippen MR) is 78.0 cm³/mol. The average Bonchev–Trinajstić information content (AvgIpc) is 2.39. The van der Waals surface area contributed by atoms with Gasteiger partial charge in [-0.05, 0) is 25.7 Å². The molecule has 0 amide bonds. The lowest BCUT2D eigenvalue weighted by molar-refractivity contribution is 0.0458. The Hall–Kier alpha value is -0.870. The Balaban J connectivity index is 2.13. The molecule has 106 valence electrons. The first-order valence-electron chi connectivity index (χ1n) is 7.00. The highest BCUT2D eigenvalue weighted by molar-refractivity contribution is 6.30. The van der Waals surface area contributed by atoms with E-state index in [1.807, 2.05) is 6.92 Å². The van der Waals surface area contributed by atoms with Gasteiger partial charge in [0.2, 0.25) is 0 Å². The molecule has 19 heavy (non-hydrogen) atoms. The van der Waals surface area contributed by atoms with Gasteiger partial charge in [0.25, 0.3) is 0 Å². The standard InChI is InChI=1S/C14H22ClN3O/c1-4-19-11-5-7-18(8-6-11)14-12(10(2)3)13(15)16-9-17-14/h9-11H,4-8H2,1-3H3. The van der Waals surface area contributed by atoms with Gasteiger partial charge in [0.05, 0.1) is 6.10 Å². The third-order valence-electron chi connectivity index (χ3n) is 3.54. The molecule has 0 atom stereocenters. The van der Waals surface area contributed by atoms with Gasteiger partial charge in [-0.25, -0.2) is 9.97 Å². The number of hydrogen-bond donors (Lipinski definition) is 0. The van der Waals surface area contributed by atoms with Gasteiger partial charge in [0.1, 0.15) is 17.3 Å². The van der Waals surface area contributed by atoms with E-state index in [0.717, 1.165) is 43.9 Å². The van der Waals surface area contributed by atoms with Crippen LogP contribution in [-0.4, -0.2) is 35.8 Å². The monoisotopic (exact) mass is 283 g/mol. The maximum atomic E-state index is 6.22. The Bertz CT molecular complexity index is 417. The average molecular weight is 284 g/mol. The van der Waals surface area contributed by atoms with Crippen LogP contribution in [0.5, 0.6) is 0 Å². The van der Waals surface area contributed by atoms with Gasteiger partial charge in [-0.1, -0.05) is 25.4 Å². The molecule has 2 heterocycles. The summed E-state index contributed by atoms with van der Waals surface area (Å²) in [6.45, 7) is 9.03. The van der Waals surface area contributed by atoms with Gasteiger partial charge < -0.3 is 9.64 Å². The second-order valence-electron chi connectivity index (χ2n) is 5.20. The highest BCUT2D eigenvalue weighted by Gasteiger charge is 2.24. The molecule has 0 unspecified atom stereocenters. The summed E-state index contributed by atoms with van der Waals surface area (Å²) in [7, 11) is 0. The van der Waals surface area contributed by atoms with Crippen LogP contribution in [-0.2, 0) is 4.74 Å². The molecular formula is C14H22ClN3O. The van der Waals surface area contributed by atoms with E-state index >= 15 is 0 Å². The maximum absolute atomic E-state index is 6.22. The number of nitrogens with zero attached hydrogens (tertiary/aromatic N) is 3. The number of anilines is 1. The van der Waals surface area contributed by atoms with Crippen LogP contribution in [0.4, 0.5) is 5.82 Å². The van der Waals surface area contributed by atoms with Crippen LogP contribution in [0.1, 0.15) is 45.1 Å². The minimum atomic E-state index is 0.327. The van der Waals surface area contributed by atoms with Crippen molar-refractivity contribution in [2.24, 2.45) is 0 Å². The molecule has 0 aliphatic carbocycles. The fourth-order valence-corrected chi connectivity index (χ4v) is 2.93. The minimum absolute atomic E-state index is 0.327. The van der Waals surface area contributed by atoms with Crippen LogP contribution in [0, 0.1) is 0 Å². The SMILES string of the molecule is CCOC1CCN(c2ncnc(Cl)c2C(C)C)CC1. The lowest BCUT2D eigenvalue weighted by Crippen LogP contribution is -2.38. The van der Waals surface area contributed by atoms with Crippen LogP contribution in [0.2, 0.25) is 5.15 Å². The van der Waals surface area contributed by atoms with Crippen molar-refractivity contribution in [3.63, 3.8) is 0 Å². The zero-order valence-corrected chi connectivity index (χ0v) is 12.7. The van der Waals surface area contributed by atoms with Gasteiger partial charge in [0.15, 0.2) is 0 Å². The number of ether oxygens (including phenoxy) is 1. The quantitative estimate of drug-likeness (QED) is 0.795. The van der Waals surface area contributed by atoms with Gasteiger partial charge in [-0.15, -0.1) is 0 Å². The molecule has 1 aliphatic heterocycles. The molecule has 0 bridgehead atoms. The fraction of sp³-hybridized carbons (Fsp3) is 0.714. The molecular weight excluding hydrogens is 262 g/mol. The van der Waals surface area contributed by atoms with E-state index < -0.39 is 0 Å². The smallest absolute Gasteiger partial charge is 0.138 e. The Morgan fingerprint density at radius 1 is 1.37 bits per heavy atom.